The van der Waals surface area contributed by atoms with E-state index in [0.29, 0.717) is 0 Å². The van der Waals surface area contributed by atoms with Gasteiger partial charge >= 0.3 is 29.6 Å². The third kappa shape index (κ3) is 24.2. The minimum Gasteiger partial charge on any atom is -0.554 e. The molecule has 0 rings (SSSR count). The summed E-state index contributed by atoms with van der Waals surface area (Å²) in [5, 5.41) is 8.25. The van der Waals surface area contributed by atoms with Gasteiger partial charge in [0.05, 0.1) is 0 Å². The van der Waals surface area contributed by atoms with E-state index in [-0.39, 0.29) is 29.6 Å². The number of carbonyl (C=O) groups is 1. The van der Waals surface area contributed by atoms with Gasteiger partial charge in [-0.2, -0.15) is 0 Å². The predicted molar refractivity (Wildman–Crippen MR) is 6.06 cm³/mol. The number of hydrogen-bond acceptors (Lipinski definition) is 2. The van der Waals surface area contributed by atoms with Gasteiger partial charge in [0.25, 0.3) is 0 Å². The molecule has 0 unspecified atom stereocenters. The van der Waals surface area contributed by atoms with Crippen LogP contribution in [0.15, 0.2) is 0 Å². The summed E-state index contributed by atoms with van der Waals surface area (Å²) in [4.78, 5) is 8.25. The summed E-state index contributed by atoms with van der Waals surface area (Å²) in [5.41, 5.74) is 0. The van der Waals surface area contributed by atoms with Gasteiger partial charge in [0, 0.05) is 6.47 Å². The second-order valence-corrected chi connectivity index (χ2v) is 0.0962. The summed E-state index contributed by atoms with van der Waals surface area (Å²) in [6.07, 6.45) is 0. The van der Waals surface area contributed by atoms with E-state index >= 15 is 0 Å². The van der Waals surface area contributed by atoms with Crippen LogP contribution >= 0.6 is 0 Å². The Kier molecular flexibility index (Phi) is 21.6. The molecule has 0 saturated heterocycles. The molecule has 0 aliphatic carbocycles. The standard InChI is InChI=1S/CH2O2.Na/c2-1-3;/h1H,(H,2,3);/q;+1/p-1/i1+0;. The molecule has 0 saturated carbocycles. The fourth-order valence-electron chi connectivity index (χ4n) is 0. The first-order chi connectivity index (χ1) is 1.41. The monoisotopic (exact) mass is 68.0 g/mol. The van der Waals surface area contributed by atoms with Gasteiger partial charge < -0.3 is 9.90 Å². The Hall–Kier alpha value is 0.470. The molecule has 2 nitrogen and oxygen atoms in total. The van der Waals surface area contributed by atoms with Crippen molar-refractivity contribution in [3.8, 4) is 0 Å². The van der Waals surface area contributed by atoms with Crippen molar-refractivity contribution in [2.75, 3.05) is 0 Å². The minimum atomic E-state index is -0.500. The molecule has 0 spiro atoms. The summed E-state index contributed by atoms with van der Waals surface area (Å²) in [6, 6.07) is 0. The maximum absolute atomic E-state index is 8.25. The largest absolute Gasteiger partial charge is 1.00 e. The zero-order valence-electron chi connectivity index (χ0n) is 2.39. The Morgan fingerprint density at radius 1 is 1.75 bits per heavy atom. The quantitative estimate of drug-likeness (QED) is 0.211. The Morgan fingerprint density at radius 2 is 1.75 bits per heavy atom. The topological polar surface area (TPSA) is 40.1 Å². The molecule has 0 bridgehead atoms. The molecule has 0 aliphatic rings. The van der Waals surface area contributed by atoms with Crippen molar-refractivity contribution in [1.29, 1.82) is 0 Å². The van der Waals surface area contributed by atoms with Crippen LogP contribution in [-0.2, 0) is 4.79 Å². The second kappa shape index (κ2) is 9.80. The zero-order valence-corrected chi connectivity index (χ0v) is 4.39. The number of hydrogen-bond donors (Lipinski definition) is 0. The zero-order chi connectivity index (χ0) is 2.71. The third-order valence-electron chi connectivity index (χ3n) is 0. The van der Waals surface area contributed by atoms with E-state index in [1.807, 2.05) is 0 Å². The van der Waals surface area contributed by atoms with Gasteiger partial charge in [0.15, 0.2) is 0 Å². The molecule has 18 valence electrons. The molecule has 0 atom stereocenters. The van der Waals surface area contributed by atoms with Crippen molar-refractivity contribution in [1.82, 2.24) is 0 Å². The molecule has 0 aliphatic heterocycles. The average Bonchev–Trinajstić information content (AvgIpc) is 0.918. The van der Waals surface area contributed by atoms with Crippen LogP contribution in [-0.4, -0.2) is 6.47 Å². The molecule has 0 fully saturated rings. The van der Waals surface area contributed by atoms with Gasteiger partial charge in [0.1, 0.15) is 0 Å². The fourth-order valence-corrected chi connectivity index (χ4v) is 0. The van der Waals surface area contributed by atoms with Crippen LogP contribution in [0.2, 0.25) is 0 Å². The molecular formula is CHNaO2. The molecule has 0 heterocycles. The van der Waals surface area contributed by atoms with Crippen molar-refractivity contribution in [2.24, 2.45) is 0 Å². The first-order valence-corrected chi connectivity index (χ1v) is 0.471. The molecule has 0 aromatic heterocycles. The Bertz CT molecular complexity index is 13.5. The molecule has 0 aromatic rings. The number of carbonyl (C=O) groups excluding carboxylic acids is 1. The van der Waals surface area contributed by atoms with E-state index in [4.69, 9.17) is 9.90 Å². The number of carboxylic acid groups (broad SMARTS) is 1. The molecule has 0 amide bonds. The number of rotatable bonds is 0. The van der Waals surface area contributed by atoms with Crippen molar-refractivity contribution in [2.45, 2.75) is 0 Å². The molecule has 0 aromatic carbocycles. The first-order valence-electron chi connectivity index (χ1n) is 0.471. The summed E-state index contributed by atoms with van der Waals surface area (Å²) < 4.78 is 0. The minimum absolute atomic E-state index is 0. The van der Waals surface area contributed by atoms with Gasteiger partial charge in [-0.15, -0.1) is 0 Å². The molecule has 0 N–H and O–H groups in total. The van der Waals surface area contributed by atoms with Crippen molar-refractivity contribution < 1.29 is 39.5 Å². The molecular weight excluding hydrogens is 67.0 g/mol. The van der Waals surface area contributed by atoms with E-state index < -0.39 is 6.47 Å². The van der Waals surface area contributed by atoms with Crippen molar-refractivity contribution in [3.63, 3.8) is 0 Å². The van der Waals surface area contributed by atoms with Crippen molar-refractivity contribution in [3.05, 3.63) is 0 Å². The van der Waals surface area contributed by atoms with Gasteiger partial charge in [-0.3, -0.25) is 0 Å². The van der Waals surface area contributed by atoms with Gasteiger partial charge in [-0.1, -0.05) is 0 Å². The molecule has 0 radical (unpaired) electrons. The van der Waals surface area contributed by atoms with E-state index in [1.165, 1.54) is 0 Å². The van der Waals surface area contributed by atoms with Gasteiger partial charge in [-0.25, -0.2) is 0 Å². The Morgan fingerprint density at radius 3 is 1.75 bits per heavy atom. The van der Waals surface area contributed by atoms with Crippen LogP contribution < -0.4 is 34.7 Å². The van der Waals surface area contributed by atoms with Crippen LogP contribution in [0, 0.1) is 0 Å². The average molecular weight is 68.0 g/mol. The summed E-state index contributed by atoms with van der Waals surface area (Å²) in [7, 11) is 0. The normalized spacial score (nSPS) is 3.00. The smallest absolute Gasteiger partial charge is 0.554 e. The van der Waals surface area contributed by atoms with E-state index in [0.717, 1.165) is 0 Å². The van der Waals surface area contributed by atoms with Crippen LogP contribution in [0.5, 0.6) is 0 Å². The summed E-state index contributed by atoms with van der Waals surface area (Å²) in [6.45, 7) is -0.500. The van der Waals surface area contributed by atoms with E-state index in [9.17, 15) is 0 Å². The first kappa shape index (κ1) is 8.82. The van der Waals surface area contributed by atoms with Crippen LogP contribution in [0.25, 0.3) is 0 Å². The third-order valence-corrected chi connectivity index (χ3v) is 0. The maximum Gasteiger partial charge on any atom is 1.00 e. The summed E-state index contributed by atoms with van der Waals surface area (Å²) in [5.74, 6) is 0. The Balaban J connectivity index is 0. The Labute approximate surface area is 46.1 Å². The predicted octanol–water partition coefficient (Wildman–Crippen LogP) is -4.63. The summed E-state index contributed by atoms with van der Waals surface area (Å²) >= 11 is 0. The molecule has 4 heavy (non-hydrogen) atoms. The second-order valence-electron chi connectivity index (χ2n) is 0.0962. The van der Waals surface area contributed by atoms with Gasteiger partial charge in [-0.05, 0) is 0 Å². The van der Waals surface area contributed by atoms with Gasteiger partial charge in [0.2, 0.25) is 0 Å². The maximum atomic E-state index is 8.25. The van der Waals surface area contributed by atoms with Crippen LogP contribution in [0.1, 0.15) is 0 Å². The van der Waals surface area contributed by atoms with E-state index in [2.05, 4.69) is 0 Å². The van der Waals surface area contributed by atoms with Crippen LogP contribution in [0.3, 0.4) is 0 Å². The van der Waals surface area contributed by atoms with Crippen molar-refractivity contribution >= 4 is 6.47 Å². The SMILES string of the molecule is O=[12CH][O-].[Na+]. The van der Waals surface area contributed by atoms with E-state index in [1.54, 1.807) is 0 Å². The van der Waals surface area contributed by atoms with Crippen LogP contribution in [0.4, 0.5) is 0 Å². The fraction of sp³-hybridized carbons (Fsp3) is 0. The molecule has 3 heteroatoms.